The van der Waals surface area contributed by atoms with Gasteiger partial charge < -0.3 is 10.6 Å². The number of carbonyl (C=O) groups excluding carboxylic acids is 2. The number of alkyl halides is 1. The summed E-state index contributed by atoms with van der Waals surface area (Å²) in [5.41, 5.74) is 10.5. The first kappa shape index (κ1) is 24.8. The number of carbonyl (C=O) groups is 2. The third-order valence-electron chi connectivity index (χ3n) is 9.14. The first-order valence-corrected chi connectivity index (χ1v) is 13.8. The molecule has 8 rings (SSSR count). The molecule has 0 radical (unpaired) electrons. The molecule has 3 N–H and O–H groups in total. The summed E-state index contributed by atoms with van der Waals surface area (Å²) in [6, 6.07) is 5.41. The van der Waals surface area contributed by atoms with E-state index in [0.29, 0.717) is 47.1 Å². The molecule has 4 atom stereocenters. The summed E-state index contributed by atoms with van der Waals surface area (Å²) in [4.78, 5) is 42.0. The highest BCUT2D eigenvalue weighted by atomic mass is 19.1. The molecular weight excluding hydrogens is 541 g/mol. The molecule has 13 nitrogen and oxygen atoms in total. The van der Waals surface area contributed by atoms with E-state index >= 15 is 0 Å². The van der Waals surface area contributed by atoms with Crippen LogP contribution < -0.4 is 5.73 Å². The zero-order chi connectivity index (χ0) is 28.7. The van der Waals surface area contributed by atoms with Gasteiger partial charge in [0.25, 0.3) is 5.91 Å². The number of rotatable bonds is 6. The predicted molar refractivity (Wildman–Crippen MR) is 147 cm³/mol. The lowest BCUT2D eigenvalue weighted by Crippen LogP contribution is -2.50. The molecule has 1 unspecified atom stereocenters. The summed E-state index contributed by atoms with van der Waals surface area (Å²) < 4.78 is 15.6. The zero-order valence-corrected chi connectivity index (χ0v) is 22.6. The van der Waals surface area contributed by atoms with E-state index in [2.05, 4.69) is 30.4 Å². The van der Waals surface area contributed by atoms with Crippen molar-refractivity contribution in [3.8, 4) is 22.5 Å². The Labute approximate surface area is 238 Å². The maximum absolute atomic E-state index is 13.4. The Bertz CT molecular complexity index is 1880. The first-order valence-electron chi connectivity index (χ1n) is 13.8. The minimum atomic E-state index is -0.711. The molecule has 2 bridgehead atoms. The molecule has 2 saturated heterocycles. The normalized spacial score (nSPS) is 24.2. The van der Waals surface area contributed by atoms with Crippen LogP contribution in [0.1, 0.15) is 65.2 Å². The monoisotopic (exact) mass is 567 g/mol. The number of pyridine rings is 1. The number of H-pyrrole nitrogens is 1. The Morgan fingerprint density at radius 1 is 1.14 bits per heavy atom. The van der Waals surface area contributed by atoms with Gasteiger partial charge in [0.05, 0.1) is 23.1 Å². The Hall–Kier alpha value is -5.01. The SMILES string of the molecule is CC(=O)c1c([C@@H]2C[C@H]3CC4C[C@]4(C2)N3C(=O)c2ncn[nH]2)nc2c(-c3ccc(-c4ccn(CF)n4)nc3)cnn2c1N. The standard InChI is InChI=1S/C28H26FN11O2/c1-14(41)22-23(16-6-18-7-17-9-28(17,8-16)39(18)27(42)25-32-13-33-36-25)35-26-19(11-34-40(26)24(22)30)15-2-3-20(31-10-15)21-4-5-38(12-29)37-21/h2-5,10-11,13,16-18H,6-9,12,30H2,1H3,(H,32,33,36)/t16-,17?,18+,28+/m1/s1. The molecule has 5 aromatic rings. The lowest BCUT2D eigenvalue weighted by atomic mass is 9.82. The number of aromatic nitrogens is 9. The zero-order valence-electron chi connectivity index (χ0n) is 22.6. The second kappa shape index (κ2) is 8.74. The van der Waals surface area contributed by atoms with Gasteiger partial charge in [-0.1, -0.05) is 6.07 Å². The van der Waals surface area contributed by atoms with Gasteiger partial charge in [-0.3, -0.25) is 19.7 Å². The number of aromatic amines is 1. The predicted octanol–water partition coefficient (Wildman–Crippen LogP) is 3.04. The smallest absolute Gasteiger partial charge is 0.291 e. The fourth-order valence-electron chi connectivity index (χ4n) is 7.31. The van der Waals surface area contributed by atoms with E-state index in [1.807, 2.05) is 17.0 Å². The van der Waals surface area contributed by atoms with Gasteiger partial charge in [0.15, 0.2) is 18.2 Å². The average Bonchev–Trinajstić information content (AvgIpc) is 3.56. The Morgan fingerprint density at radius 3 is 2.71 bits per heavy atom. The number of nitrogens with one attached hydrogen (secondary N) is 1. The Balaban J connectivity index is 1.17. The molecule has 3 fully saturated rings. The molecule has 3 aliphatic rings. The van der Waals surface area contributed by atoms with Crippen molar-refractivity contribution < 1.29 is 14.0 Å². The molecular formula is C28H26FN11O2. The minimum Gasteiger partial charge on any atom is -0.383 e. The van der Waals surface area contributed by atoms with E-state index in [9.17, 15) is 14.0 Å². The average molecular weight is 568 g/mol. The third-order valence-corrected chi connectivity index (χ3v) is 9.14. The van der Waals surface area contributed by atoms with Gasteiger partial charge in [-0.15, -0.1) is 0 Å². The van der Waals surface area contributed by atoms with Crippen LogP contribution in [-0.4, -0.2) is 72.7 Å². The number of piperidine rings is 2. The van der Waals surface area contributed by atoms with Crippen molar-refractivity contribution in [3.63, 3.8) is 0 Å². The van der Waals surface area contributed by atoms with Crippen molar-refractivity contribution >= 4 is 23.2 Å². The van der Waals surface area contributed by atoms with Gasteiger partial charge in [-0.25, -0.2) is 19.0 Å². The van der Waals surface area contributed by atoms with E-state index in [0.717, 1.165) is 24.0 Å². The highest BCUT2D eigenvalue weighted by molar-refractivity contribution is 6.00. The number of ketones is 1. The molecule has 5 aromatic heterocycles. The quantitative estimate of drug-likeness (QED) is 0.293. The lowest BCUT2D eigenvalue weighted by Gasteiger charge is -2.42. The maximum Gasteiger partial charge on any atom is 0.291 e. The van der Waals surface area contributed by atoms with Crippen LogP contribution in [0.3, 0.4) is 0 Å². The van der Waals surface area contributed by atoms with Crippen molar-refractivity contribution in [3.05, 3.63) is 60.2 Å². The number of anilines is 1. The molecule has 7 heterocycles. The highest BCUT2D eigenvalue weighted by Gasteiger charge is 2.69. The summed E-state index contributed by atoms with van der Waals surface area (Å²) in [7, 11) is 0. The number of nitrogens with zero attached hydrogens (tertiary/aromatic N) is 9. The van der Waals surface area contributed by atoms with Gasteiger partial charge >= 0.3 is 0 Å². The summed E-state index contributed by atoms with van der Waals surface area (Å²) in [6.07, 6.45) is 9.47. The summed E-state index contributed by atoms with van der Waals surface area (Å²) in [5.74, 6) is 0.556. The molecule has 1 spiro atoms. The summed E-state index contributed by atoms with van der Waals surface area (Å²) in [6.45, 7) is 0.785. The second-order valence-electron chi connectivity index (χ2n) is 11.4. The fraction of sp³-hybridized carbons (Fsp3) is 0.357. The van der Waals surface area contributed by atoms with Crippen molar-refractivity contribution in [2.24, 2.45) is 5.92 Å². The number of halogens is 1. The van der Waals surface area contributed by atoms with Crippen LogP contribution in [0.5, 0.6) is 0 Å². The van der Waals surface area contributed by atoms with Crippen LogP contribution >= 0.6 is 0 Å². The highest BCUT2D eigenvalue weighted by Crippen LogP contribution is 2.66. The molecule has 1 amide bonds. The lowest BCUT2D eigenvalue weighted by molar-refractivity contribution is 0.0450. The second-order valence-corrected chi connectivity index (χ2v) is 11.4. The van der Waals surface area contributed by atoms with Gasteiger partial charge in [0, 0.05) is 41.0 Å². The minimum absolute atomic E-state index is 0.0150. The van der Waals surface area contributed by atoms with Crippen LogP contribution in [0.4, 0.5) is 10.2 Å². The molecule has 42 heavy (non-hydrogen) atoms. The van der Waals surface area contributed by atoms with Crippen LogP contribution in [0.25, 0.3) is 28.2 Å². The van der Waals surface area contributed by atoms with Crippen LogP contribution in [-0.2, 0) is 6.80 Å². The number of nitrogen functional groups attached to an aromatic ring is 1. The van der Waals surface area contributed by atoms with Crippen LogP contribution in [0.15, 0.2) is 43.1 Å². The van der Waals surface area contributed by atoms with E-state index in [1.54, 1.807) is 24.7 Å². The van der Waals surface area contributed by atoms with Crippen LogP contribution in [0.2, 0.25) is 0 Å². The molecule has 212 valence electrons. The van der Waals surface area contributed by atoms with E-state index in [-0.39, 0.29) is 40.8 Å². The topological polar surface area (TPSA) is 166 Å². The maximum atomic E-state index is 13.4. The van der Waals surface area contributed by atoms with Gasteiger partial charge in [-0.05, 0) is 50.7 Å². The number of hydrogen-bond donors (Lipinski definition) is 2. The van der Waals surface area contributed by atoms with Gasteiger partial charge in [0.1, 0.15) is 17.8 Å². The van der Waals surface area contributed by atoms with Crippen LogP contribution in [0, 0.1) is 5.92 Å². The molecule has 0 aromatic carbocycles. The van der Waals surface area contributed by atoms with E-state index < -0.39 is 6.80 Å². The number of hydrogen-bond acceptors (Lipinski definition) is 9. The third kappa shape index (κ3) is 3.47. The Morgan fingerprint density at radius 2 is 2.02 bits per heavy atom. The van der Waals surface area contributed by atoms with Gasteiger partial charge in [0.2, 0.25) is 5.82 Å². The molecule has 1 aliphatic carbocycles. The first-order chi connectivity index (χ1) is 20.4. The van der Waals surface area contributed by atoms with Crippen molar-refractivity contribution in [2.45, 2.75) is 56.9 Å². The Kier molecular flexibility index (Phi) is 5.15. The van der Waals surface area contributed by atoms with Crippen molar-refractivity contribution in [1.82, 2.24) is 49.4 Å². The fourth-order valence-corrected chi connectivity index (χ4v) is 7.31. The molecule has 1 saturated carbocycles. The molecule has 14 heteroatoms. The van der Waals surface area contributed by atoms with Crippen molar-refractivity contribution in [1.29, 1.82) is 0 Å². The summed E-state index contributed by atoms with van der Waals surface area (Å²) in [5, 5.41) is 15.2. The number of Topliss-reactive ketones (excluding diaryl/α,β-unsaturated/α-hetero) is 1. The van der Waals surface area contributed by atoms with E-state index in [1.165, 1.54) is 22.4 Å². The summed E-state index contributed by atoms with van der Waals surface area (Å²) >= 11 is 0. The molecule has 2 aliphatic heterocycles. The van der Waals surface area contributed by atoms with E-state index in [4.69, 9.17) is 10.7 Å². The number of fused-ring (bicyclic) bond motifs is 2. The van der Waals surface area contributed by atoms with Crippen molar-refractivity contribution in [2.75, 3.05) is 5.73 Å². The number of amides is 1. The van der Waals surface area contributed by atoms with Gasteiger partial charge in [-0.2, -0.15) is 19.8 Å². The largest absolute Gasteiger partial charge is 0.383 e. The number of nitrogens with two attached hydrogens (primary N) is 1.